The second-order valence-electron chi connectivity index (χ2n) is 4.52. The zero-order chi connectivity index (χ0) is 12.5. The number of halogens is 2. The third-order valence-electron chi connectivity index (χ3n) is 3.09. The van der Waals surface area contributed by atoms with E-state index in [2.05, 4.69) is 20.9 Å². The first-order chi connectivity index (χ1) is 8.78. The molecule has 3 rings (SSSR count). The average Bonchev–Trinajstić information content (AvgIpc) is 3.22. The minimum absolute atomic E-state index is 0.491. The number of hydrogen-bond donors (Lipinski definition) is 0. The van der Waals surface area contributed by atoms with Crippen LogP contribution in [-0.4, -0.2) is 9.97 Å². The van der Waals surface area contributed by atoms with Crippen molar-refractivity contribution in [3.05, 3.63) is 46.2 Å². The summed E-state index contributed by atoms with van der Waals surface area (Å²) in [7, 11) is 0. The summed E-state index contributed by atoms with van der Waals surface area (Å²) in [6, 6.07) is 8.05. The topological polar surface area (TPSA) is 25.8 Å². The Balaban J connectivity index is 2.05. The first-order valence-corrected chi connectivity index (χ1v) is 7.28. The highest BCUT2D eigenvalue weighted by atomic mass is 79.9. The minimum Gasteiger partial charge on any atom is -0.236 e. The van der Waals surface area contributed by atoms with E-state index in [-0.39, 0.29) is 0 Å². The van der Waals surface area contributed by atoms with Crippen LogP contribution >= 0.6 is 27.5 Å². The second kappa shape index (κ2) is 4.98. The zero-order valence-corrected chi connectivity index (χ0v) is 12.1. The summed E-state index contributed by atoms with van der Waals surface area (Å²) >= 11 is 9.41. The van der Waals surface area contributed by atoms with Crippen molar-refractivity contribution in [2.24, 2.45) is 0 Å². The fourth-order valence-electron chi connectivity index (χ4n) is 2.00. The summed E-state index contributed by atoms with van der Waals surface area (Å²) in [5, 5.41) is 0. The van der Waals surface area contributed by atoms with Crippen molar-refractivity contribution in [1.82, 2.24) is 9.97 Å². The number of nitrogens with zero attached hydrogens (tertiary/aromatic N) is 2. The summed E-state index contributed by atoms with van der Waals surface area (Å²) in [5.41, 5.74) is 3.24. The Kier molecular flexibility index (Phi) is 3.35. The third kappa shape index (κ3) is 2.43. The SMILES string of the molecule is ClCc1cnc(-c2cccc(Br)c2)nc1C1CC1. The van der Waals surface area contributed by atoms with Crippen LogP contribution in [-0.2, 0) is 5.88 Å². The van der Waals surface area contributed by atoms with Gasteiger partial charge in [0.25, 0.3) is 0 Å². The first kappa shape index (κ1) is 12.1. The molecule has 0 aliphatic heterocycles. The van der Waals surface area contributed by atoms with Gasteiger partial charge in [0.05, 0.1) is 11.6 Å². The molecule has 1 aromatic carbocycles. The van der Waals surface area contributed by atoms with Gasteiger partial charge >= 0.3 is 0 Å². The molecular weight excluding hydrogens is 312 g/mol. The van der Waals surface area contributed by atoms with E-state index in [4.69, 9.17) is 16.6 Å². The van der Waals surface area contributed by atoms with E-state index in [9.17, 15) is 0 Å². The lowest BCUT2D eigenvalue weighted by Crippen LogP contribution is -1.99. The Morgan fingerprint density at radius 3 is 2.83 bits per heavy atom. The Labute approximate surface area is 120 Å². The van der Waals surface area contributed by atoms with Crippen molar-refractivity contribution in [3.63, 3.8) is 0 Å². The fourth-order valence-corrected chi connectivity index (χ4v) is 2.60. The summed E-state index contributed by atoms with van der Waals surface area (Å²) < 4.78 is 1.04. The molecule has 0 spiro atoms. The van der Waals surface area contributed by atoms with Gasteiger partial charge in [-0.1, -0.05) is 28.1 Å². The van der Waals surface area contributed by atoms with Gasteiger partial charge in [-0.05, 0) is 25.0 Å². The van der Waals surface area contributed by atoms with Crippen LogP contribution in [0.2, 0.25) is 0 Å². The van der Waals surface area contributed by atoms with E-state index in [1.165, 1.54) is 12.8 Å². The largest absolute Gasteiger partial charge is 0.236 e. The van der Waals surface area contributed by atoms with Crippen molar-refractivity contribution < 1.29 is 0 Å². The van der Waals surface area contributed by atoms with E-state index in [1.807, 2.05) is 30.5 Å². The maximum atomic E-state index is 5.94. The maximum Gasteiger partial charge on any atom is 0.159 e. The predicted octanol–water partition coefficient (Wildman–Crippen LogP) is 4.52. The van der Waals surface area contributed by atoms with Crippen molar-refractivity contribution in [2.75, 3.05) is 0 Å². The molecule has 0 radical (unpaired) electrons. The average molecular weight is 324 g/mol. The zero-order valence-electron chi connectivity index (χ0n) is 9.74. The van der Waals surface area contributed by atoms with Crippen LogP contribution < -0.4 is 0 Å². The van der Waals surface area contributed by atoms with Crippen LogP contribution in [0.4, 0.5) is 0 Å². The second-order valence-corrected chi connectivity index (χ2v) is 5.71. The molecular formula is C14H12BrClN2. The van der Waals surface area contributed by atoms with Crippen LogP contribution in [0.3, 0.4) is 0 Å². The summed E-state index contributed by atoms with van der Waals surface area (Å²) in [4.78, 5) is 9.12. The number of aromatic nitrogens is 2. The van der Waals surface area contributed by atoms with E-state index in [1.54, 1.807) is 0 Å². The van der Waals surface area contributed by atoms with Crippen molar-refractivity contribution >= 4 is 27.5 Å². The summed E-state index contributed by atoms with van der Waals surface area (Å²) in [6.45, 7) is 0. The number of rotatable bonds is 3. The third-order valence-corrected chi connectivity index (χ3v) is 3.87. The monoisotopic (exact) mass is 322 g/mol. The van der Waals surface area contributed by atoms with Crippen molar-refractivity contribution in [1.29, 1.82) is 0 Å². The molecule has 0 amide bonds. The molecule has 0 bridgehead atoms. The molecule has 0 unspecified atom stereocenters. The molecule has 4 heteroatoms. The molecule has 1 saturated carbocycles. The molecule has 0 saturated heterocycles. The van der Waals surface area contributed by atoms with E-state index in [0.717, 1.165) is 27.1 Å². The Morgan fingerprint density at radius 2 is 2.17 bits per heavy atom. The summed E-state index contributed by atoms with van der Waals surface area (Å²) in [6.07, 6.45) is 4.31. The van der Waals surface area contributed by atoms with Crippen molar-refractivity contribution in [2.45, 2.75) is 24.6 Å². The van der Waals surface area contributed by atoms with Crippen LogP contribution in [0.25, 0.3) is 11.4 Å². The number of hydrogen-bond acceptors (Lipinski definition) is 2. The molecule has 1 heterocycles. The fraction of sp³-hybridized carbons (Fsp3) is 0.286. The highest BCUT2D eigenvalue weighted by Crippen LogP contribution is 2.41. The molecule has 1 aromatic heterocycles. The molecule has 0 N–H and O–H groups in total. The lowest BCUT2D eigenvalue weighted by Gasteiger charge is -2.07. The normalized spacial score (nSPS) is 14.8. The van der Waals surface area contributed by atoms with E-state index < -0.39 is 0 Å². The van der Waals surface area contributed by atoms with Crippen LogP contribution in [0.5, 0.6) is 0 Å². The number of benzene rings is 1. The number of alkyl halides is 1. The molecule has 1 aliphatic rings. The molecule has 2 nitrogen and oxygen atoms in total. The quantitative estimate of drug-likeness (QED) is 0.776. The Hall–Kier alpha value is -0.930. The van der Waals surface area contributed by atoms with Crippen molar-refractivity contribution in [3.8, 4) is 11.4 Å². The smallest absolute Gasteiger partial charge is 0.159 e. The summed E-state index contributed by atoms with van der Waals surface area (Å²) in [5.74, 6) is 1.87. The highest BCUT2D eigenvalue weighted by Gasteiger charge is 2.28. The lowest BCUT2D eigenvalue weighted by molar-refractivity contribution is 0.959. The molecule has 2 aromatic rings. The molecule has 92 valence electrons. The Morgan fingerprint density at radius 1 is 1.33 bits per heavy atom. The Bertz CT molecular complexity index is 582. The molecule has 0 atom stereocenters. The van der Waals surface area contributed by atoms with Gasteiger partial charge in [0, 0.05) is 27.7 Å². The molecule has 1 aliphatic carbocycles. The highest BCUT2D eigenvalue weighted by molar-refractivity contribution is 9.10. The van der Waals surface area contributed by atoms with E-state index in [0.29, 0.717) is 11.8 Å². The van der Waals surface area contributed by atoms with Crippen LogP contribution in [0.15, 0.2) is 34.9 Å². The maximum absolute atomic E-state index is 5.94. The van der Waals surface area contributed by atoms with Gasteiger partial charge in [-0.3, -0.25) is 0 Å². The van der Waals surface area contributed by atoms with Gasteiger partial charge in [0.15, 0.2) is 5.82 Å². The first-order valence-electron chi connectivity index (χ1n) is 5.95. The molecule has 1 fully saturated rings. The lowest BCUT2D eigenvalue weighted by atomic mass is 10.1. The predicted molar refractivity (Wildman–Crippen MR) is 76.7 cm³/mol. The van der Waals surface area contributed by atoms with Gasteiger partial charge in [-0.25, -0.2) is 9.97 Å². The minimum atomic E-state index is 0.491. The standard InChI is InChI=1S/C14H12BrClN2/c15-12-3-1-2-10(6-12)14-17-8-11(7-16)13(18-14)9-4-5-9/h1-3,6,8-9H,4-5,7H2. The van der Waals surface area contributed by atoms with Crippen LogP contribution in [0, 0.1) is 0 Å². The molecule has 18 heavy (non-hydrogen) atoms. The van der Waals surface area contributed by atoms with Crippen LogP contribution in [0.1, 0.15) is 30.0 Å². The van der Waals surface area contributed by atoms with Gasteiger partial charge < -0.3 is 0 Å². The van der Waals surface area contributed by atoms with Gasteiger partial charge in [0.2, 0.25) is 0 Å². The van der Waals surface area contributed by atoms with Gasteiger partial charge in [-0.2, -0.15) is 0 Å². The van der Waals surface area contributed by atoms with Gasteiger partial charge in [-0.15, -0.1) is 11.6 Å². The van der Waals surface area contributed by atoms with E-state index >= 15 is 0 Å². The van der Waals surface area contributed by atoms with Gasteiger partial charge in [0.1, 0.15) is 0 Å².